The third-order valence-corrected chi connectivity index (χ3v) is 3.44. The summed E-state index contributed by atoms with van der Waals surface area (Å²) in [5.41, 5.74) is 1.24. The van der Waals surface area contributed by atoms with E-state index in [1.165, 1.54) is 11.8 Å². The summed E-state index contributed by atoms with van der Waals surface area (Å²) in [6, 6.07) is 9.67. The molecule has 0 saturated heterocycles. The molecule has 0 amide bonds. The van der Waals surface area contributed by atoms with E-state index in [1.807, 2.05) is 18.2 Å². The normalized spacial score (nSPS) is 11.3. The lowest BCUT2D eigenvalue weighted by atomic mass is 10.0. The van der Waals surface area contributed by atoms with Gasteiger partial charge in [-0.3, -0.25) is 0 Å². The Bertz CT molecular complexity index is 613. The molecular formula is C16H21N3O4. The number of nitroso groups, excluding NO2 is 1. The van der Waals surface area contributed by atoms with Crippen molar-refractivity contribution >= 4 is 11.8 Å². The third-order valence-electron chi connectivity index (χ3n) is 3.44. The van der Waals surface area contributed by atoms with E-state index in [9.17, 15) is 9.70 Å². The van der Waals surface area contributed by atoms with Crippen LogP contribution in [0.4, 0.5) is 5.82 Å². The van der Waals surface area contributed by atoms with Gasteiger partial charge >= 0.3 is 5.97 Å². The van der Waals surface area contributed by atoms with Crippen LogP contribution in [0.3, 0.4) is 0 Å². The fourth-order valence-corrected chi connectivity index (χ4v) is 2.36. The first-order chi connectivity index (χ1) is 10.7. The summed E-state index contributed by atoms with van der Waals surface area (Å²) in [5, 5.41) is 2.83. The van der Waals surface area contributed by atoms with Crippen molar-refractivity contribution in [2.24, 2.45) is 5.18 Å². The number of benzene rings is 1. The second-order valence-electron chi connectivity index (χ2n) is 4.97. The highest BCUT2D eigenvalue weighted by Gasteiger charge is 2.26. The van der Waals surface area contributed by atoms with Crippen LogP contribution in [0.5, 0.6) is 0 Å². The van der Waals surface area contributed by atoms with E-state index in [4.69, 9.17) is 4.74 Å². The topological polar surface area (TPSA) is 105 Å². The summed E-state index contributed by atoms with van der Waals surface area (Å²) in [6.45, 7) is 2.11. The maximum absolute atomic E-state index is 12.1. The van der Waals surface area contributed by atoms with Crippen molar-refractivity contribution in [3.05, 3.63) is 53.3 Å². The van der Waals surface area contributed by atoms with Gasteiger partial charge in [0.1, 0.15) is 0 Å². The second-order valence-corrected chi connectivity index (χ2v) is 4.97. The number of nitrogens with zero attached hydrogens (tertiary/aromatic N) is 2. The minimum atomic E-state index is -0.449. The molecule has 1 aromatic carbocycles. The highest BCUT2D eigenvalue weighted by molar-refractivity contribution is 5.72. The number of rotatable bonds is 8. The average molecular weight is 319 g/mol. The number of aromatic amines is 1. The van der Waals surface area contributed by atoms with Crippen LogP contribution in [-0.2, 0) is 16.0 Å². The summed E-state index contributed by atoms with van der Waals surface area (Å²) in [4.78, 5) is 25.4. The number of imidazole rings is 1. The van der Waals surface area contributed by atoms with Gasteiger partial charge in [0.2, 0.25) is 6.33 Å². The van der Waals surface area contributed by atoms with Crippen molar-refractivity contribution in [1.82, 2.24) is 4.98 Å². The van der Waals surface area contributed by atoms with Crippen LogP contribution in [0.2, 0.25) is 0 Å². The fourth-order valence-electron chi connectivity index (χ4n) is 2.36. The van der Waals surface area contributed by atoms with Crippen molar-refractivity contribution in [1.29, 1.82) is 0 Å². The zero-order valence-electron chi connectivity index (χ0n) is 13.0. The molecule has 2 aromatic rings. The Hall–Kier alpha value is -2.54. The minimum absolute atomic E-state index is 0. The number of aryl methyl sites for hydroxylation is 1. The van der Waals surface area contributed by atoms with E-state index in [-0.39, 0.29) is 17.3 Å². The van der Waals surface area contributed by atoms with Crippen LogP contribution < -0.4 is 4.57 Å². The first-order valence-corrected chi connectivity index (χ1v) is 7.37. The minimum Gasteiger partial charge on any atom is -0.870 e. The molecule has 7 heteroatoms. The zero-order valence-corrected chi connectivity index (χ0v) is 13.0. The quantitative estimate of drug-likeness (QED) is 0.458. The second kappa shape index (κ2) is 9.47. The van der Waals surface area contributed by atoms with Gasteiger partial charge in [0.15, 0.2) is 12.2 Å². The Kier molecular flexibility index (Phi) is 7.62. The maximum atomic E-state index is 12.1. The molecule has 124 valence electrons. The number of hydrogen-bond donors (Lipinski definition) is 1. The number of ether oxygens (including phenoxy) is 1. The number of carbonyl (C=O) groups excluding carboxylic acids is 1. The van der Waals surface area contributed by atoms with Crippen molar-refractivity contribution < 1.29 is 19.6 Å². The predicted molar refractivity (Wildman–Crippen MR) is 83.4 cm³/mol. The molecule has 1 unspecified atom stereocenters. The van der Waals surface area contributed by atoms with Crippen LogP contribution in [0.1, 0.15) is 31.4 Å². The number of esters is 1. The van der Waals surface area contributed by atoms with E-state index < -0.39 is 6.04 Å². The van der Waals surface area contributed by atoms with Gasteiger partial charge in [-0.1, -0.05) is 30.3 Å². The van der Waals surface area contributed by atoms with Crippen LogP contribution in [0, 0.1) is 4.91 Å². The molecule has 1 aromatic heterocycles. The van der Waals surface area contributed by atoms with Crippen LogP contribution in [0.15, 0.2) is 48.0 Å². The lowest BCUT2D eigenvalue weighted by molar-refractivity contribution is -0.710. The van der Waals surface area contributed by atoms with E-state index >= 15 is 0 Å². The van der Waals surface area contributed by atoms with Crippen LogP contribution in [0.25, 0.3) is 0 Å². The lowest BCUT2D eigenvalue weighted by Crippen LogP contribution is -2.43. The Morgan fingerprint density at radius 2 is 2.09 bits per heavy atom. The molecule has 0 aliphatic rings. The van der Waals surface area contributed by atoms with Gasteiger partial charge in [-0.05, 0) is 31.7 Å². The highest BCUT2D eigenvalue weighted by atomic mass is 16.5. The van der Waals surface area contributed by atoms with E-state index in [1.54, 1.807) is 17.8 Å². The Morgan fingerprint density at radius 1 is 1.35 bits per heavy atom. The molecule has 0 aliphatic heterocycles. The van der Waals surface area contributed by atoms with Gasteiger partial charge in [0.25, 0.3) is 5.82 Å². The smallest absolute Gasteiger partial charge is 0.351 e. The Labute approximate surface area is 134 Å². The van der Waals surface area contributed by atoms with Gasteiger partial charge < -0.3 is 10.2 Å². The number of carbonyl (C=O) groups is 1. The summed E-state index contributed by atoms with van der Waals surface area (Å²) in [6.07, 6.45) is 5.46. The van der Waals surface area contributed by atoms with E-state index in [2.05, 4.69) is 22.3 Å². The molecule has 0 fully saturated rings. The molecule has 23 heavy (non-hydrogen) atoms. The average Bonchev–Trinajstić information content (AvgIpc) is 3.01. The standard InChI is InChI=1S/C16H19N3O3.H2O/c1-2-22-16(20)14(19-11-15(18-21)17-12-19)10-6-9-13-7-4-3-5-8-13;/h3-5,7-8,11-12,14H,2,6,9-10H2,1H3;1H2. The molecule has 0 spiro atoms. The van der Waals surface area contributed by atoms with Gasteiger partial charge in [-0.2, -0.15) is 0 Å². The van der Waals surface area contributed by atoms with Crippen molar-refractivity contribution in [3.8, 4) is 0 Å². The monoisotopic (exact) mass is 319 g/mol. The Morgan fingerprint density at radius 3 is 2.70 bits per heavy atom. The van der Waals surface area contributed by atoms with E-state index in [0.29, 0.717) is 13.0 Å². The molecular weight excluding hydrogens is 298 g/mol. The van der Waals surface area contributed by atoms with Gasteiger partial charge in [-0.25, -0.2) is 14.3 Å². The van der Waals surface area contributed by atoms with Gasteiger partial charge in [0.05, 0.1) is 6.61 Å². The lowest BCUT2D eigenvalue weighted by Gasteiger charge is -2.12. The fraction of sp³-hybridized carbons (Fsp3) is 0.375. The van der Waals surface area contributed by atoms with Crippen molar-refractivity contribution in [2.75, 3.05) is 6.61 Å². The largest absolute Gasteiger partial charge is 0.870 e. The van der Waals surface area contributed by atoms with Gasteiger partial charge in [-0.15, -0.1) is 4.91 Å². The SMILES string of the molecule is CCOC(=O)C(CCCc1ccccc1)[n+]1c[nH]c(N=O)c1.[OH-]. The van der Waals surface area contributed by atoms with Crippen LogP contribution in [-0.4, -0.2) is 23.0 Å². The zero-order chi connectivity index (χ0) is 15.8. The molecule has 0 aliphatic carbocycles. The first-order valence-electron chi connectivity index (χ1n) is 7.37. The molecule has 1 atom stereocenters. The number of H-pyrrole nitrogens is 1. The molecule has 2 rings (SSSR count). The summed E-state index contributed by atoms with van der Waals surface area (Å²) >= 11 is 0. The molecule has 0 bridgehead atoms. The summed E-state index contributed by atoms with van der Waals surface area (Å²) in [7, 11) is 0. The highest BCUT2D eigenvalue weighted by Crippen LogP contribution is 2.14. The molecule has 2 N–H and O–H groups in total. The maximum Gasteiger partial charge on any atom is 0.351 e. The van der Waals surface area contributed by atoms with Gasteiger partial charge in [0, 0.05) is 5.18 Å². The summed E-state index contributed by atoms with van der Waals surface area (Å²) in [5.74, 6) is -0.102. The van der Waals surface area contributed by atoms with E-state index in [0.717, 1.165) is 12.8 Å². The summed E-state index contributed by atoms with van der Waals surface area (Å²) < 4.78 is 6.77. The molecule has 7 nitrogen and oxygen atoms in total. The molecule has 1 heterocycles. The van der Waals surface area contributed by atoms with Crippen molar-refractivity contribution in [3.63, 3.8) is 0 Å². The number of hydrogen-bond acceptors (Lipinski definition) is 5. The number of aromatic nitrogens is 2. The molecule has 0 saturated carbocycles. The number of nitrogens with one attached hydrogen (secondary N) is 1. The van der Waals surface area contributed by atoms with Crippen LogP contribution >= 0.6 is 0 Å². The van der Waals surface area contributed by atoms with Crippen molar-refractivity contribution in [2.45, 2.75) is 32.2 Å². The Balaban J connectivity index is 0.00000264. The first kappa shape index (κ1) is 18.5. The third kappa shape index (κ3) is 5.30. The molecule has 0 radical (unpaired) electrons. The predicted octanol–water partition coefficient (Wildman–Crippen LogP) is 2.65.